The van der Waals surface area contributed by atoms with E-state index >= 15 is 0 Å². The molecule has 0 bridgehead atoms. The monoisotopic (exact) mass is 528 g/mol. The van der Waals surface area contributed by atoms with Crippen LogP contribution >= 0.6 is 0 Å². The molecule has 2 heterocycles. The lowest BCUT2D eigenvalue weighted by molar-refractivity contribution is -0.118. The maximum Gasteiger partial charge on any atom is 0.405 e. The topological polar surface area (TPSA) is 181 Å². The summed E-state index contributed by atoms with van der Waals surface area (Å²) in [6.07, 6.45) is 2.80. The Labute approximate surface area is 216 Å². The fourth-order valence-electron chi connectivity index (χ4n) is 3.60. The van der Waals surface area contributed by atoms with Crippen molar-refractivity contribution in [2.45, 2.75) is 51.8 Å². The number of nitrogens with one attached hydrogen (secondary N) is 3. The van der Waals surface area contributed by atoms with Gasteiger partial charge in [0, 0.05) is 12.3 Å². The zero-order chi connectivity index (χ0) is 28.0. The number of halogens is 1. The summed E-state index contributed by atoms with van der Waals surface area (Å²) in [5.41, 5.74) is 4.58. The number of primary amides is 1. The molecule has 0 radical (unpaired) electrons. The second kappa shape index (κ2) is 11.6. The number of nitrogens with zero attached hydrogens (tertiary/aromatic N) is 2. The van der Waals surface area contributed by atoms with Gasteiger partial charge in [0.2, 0.25) is 11.8 Å². The summed E-state index contributed by atoms with van der Waals surface area (Å²) in [4.78, 5) is 55.2. The van der Waals surface area contributed by atoms with Gasteiger partial charge in [-0.2, -0.15) is 0 Å². The van der Waals surface area contributed by atoms with Crippen LogP contribution < -0.4 is 26.7 Å². The Hall–Kier alpha value is -4.68. The number of amides is 3. The largest absolute Gasteiger partial charge is 0.486 e. The molecule has 0 fully saturated rings. The predicted octanol–water partition coefficient (Wildman–Crippen LogP) is 2.49. The van der Waals surface area contributed by atoms with E-state index in [0.717, 1.165) is 6.08 Å². The second-order valence-electron chi connectivity index (χ2n) is 9.43. The van der Waals surface area contributed by atoms with Crippen LogP contribution in [0.15, 0.2) is 47.4 Å². The minimum Gasteiger partial charge on any atom is -0.486 e. The Morgan fingerprint density at radius 3 is 2.71 bits per heavy atom. The van der Waals surface area contributed by atoms with Crippen molar-refractivity contribution in [1.29, 1.82) is 0 Å². The number of carboxylic acid groups (broad SMARTS) is 1. The van der Waals surface area contributed by atoms with Gasteiger partial charge in [-0.25, -0.2) is 14.2 Å². The first-order valence-corrected chi connectivity index (χ1v) is 11.7. The SMILES string of the molecule is CC(C)(C)Oc1cc(F)cc2[nH]c(Cn3cccc(NC(=O)C(CCC=CC(N)=O)NC(=O)O)c3=O)nc12. The molecule has 1 aromatic carbocycles. The number of aromatic nitrogens is 3. The Balaban J connectivity index is 1.81. The molecule has 1 unspecified atom stereocenters. The quantitative estimate of drug-likeness (QED) is 0.251. The molecule has 0 aliphatic carbocycles. The van der Waals surface area contributed by atoms with Gasteiger partial charge in [-0.05, 0) is 57.9 Å². The number of imidazole rings is 1. The van der Waals surface area contributed by atoms with Gasteiger partial charge in [0.15, 0.2) is 5.75 Å². The first kappa shape index (κ1) is 27.9. The molecule has 3 amide bonds. The second-order valence-corrected chi connectivity index (χ2v) is 9.43. The molecule has 1 atom stereocenters. The van der Waals surface area contributed by atoms with E-state index in [1.165, 1.54) is 41.1 Å². The number of rotatable bonds is 10. The summed E-state index contributed by atoms with van der Waals surface area (Å²) in [6.45, 7) is 5.45. The summed E-state index contributed by atoms with van der Waals surface area (Å²) >= 11 is 0. The number of hydrogen-bond acceptors (Lipinski definition) is 6. The number of hydrogen-bond donors (Lipinski definition) is 5. The molecule has 12 nitrogen and oxygen atoms in total. The molecule has 0 aliphatic heterocycles. The van der Waals surface area contributed by atoms with Gasteiger partial charge in [0.05, 0.1) is 12.1 Å². The van der Waals surface area contributed by atoms with Crippen molar-refractivity contribution in [3.05, 3.63) is 64.6 Å². The highest BCUT2D eigenvalue weighted by molar-refractivity contribution is 5.96. The van der Waals surface area contributed by atoms with Crippen molar-refractivity contribution in [1.82, 2.24) is 19.9 Å². The third-order valence-corrected chi connectivity index (χ3v) is 5.10. The highest BCUT2D eigenvalue weighted by atomic mass is 19.1. The van der Waals surface area contributed by atoms with E-state index in [-0.39, 0.29) is 30.8 Å². The van der Waals surface area contributed by atoms with Crippen molar-refractivity contribution in [2.24, 2.45) is 5.73 Å². The van der Waals surface area contributed by atoms with E-state index in [1.807, 2.05) is 20.8 Å². The van der Waals surface area contributed by atoms with E-state index < -0.39 is 40.9 Å². The van der Waals surface area contributed by atoms with Gasteiger partial charge in [0.25, 0.3) is 5.56 Å². The van der Waals surface area contributed by atoms with Gasteiger partial charge in [0.1, 0.15) is 34.5 Å². The third-order valence-electron chi connectivity index (χ3n) is 5.10. The average Bonchev–Trinajstić information content (AvgIpc) is 3.19. The van der Waals surface area contributed by atoms with Crippen LogP contribution in [0.5, 0.6) is 5.75 Å². The van der Waals surface area contributed by atoms with Crippen LogP contribution in [0.2, 0.25) is 0 Å². The number of anilines is 1. The molecule has 0 aliphatic rings. The number of carbonyl (C=O) groups is 3. The minimum absolute atomic E-state index is 0.0252. The Morgan fingerprint density at radius 1 is 1.32 bits per heavy atom. The normalized spacial score (nSPS) is 12.4. The van der Waals surface area contributed by atoms with Crippen LogP contribution in [-0.2, 0) is 16.1 Å². The molecule has 13 heteroatoms. The van der Waals surface area contributed by atoms with Crippen LogP contribution in [0.1, 0.15) is 39.4 Å². The average molecular weight is 529 g/mol. The number of H-pyrrole nitrogens is 1. The predicted molar refractivity (Wildman–Crippen MR) is 137 cm³/mol. The maximum atomic E-state index is 14.1. The van der Waals surface area contributed by atoms with Crippen LogP contribution in [0.25, 0.3) is 11.0 Å². The summed E-state index contributed by atoms with van der Waals surface area (Å²) in [5, 5.41) is 13.6. The van der Waals surface area contributed by atoms with Crippen molar-refractivity contribution in [2.75, 3.05) is 5.32 Å². The Kier molecular flexibility index (Phi) is 8.50. The zero-order valence-corrected chi connectivity index (χ0v) is 21.1. The van der Waals surface area contributed by atoms with Gasteiger partial charge < -0.3 is 35.8 Å². The molecule has 2 aromatic heterocycles. The lowest BCUT2D eigenvalue weighted by atomic mass is 10.1. The van der Waals surface area contributed by atoms with E-state index in [1.54, 1.807) is 0 Å². The van der Waals surface area contributed by atoms with Gasteiger partial charge >= 0.3 is 6.09 Å². The molecule has 0 saturated carbocycles. The smallest absolute Gasteiger partial charge is 0.405 e. The highest BCUT2D eigenvalue weighted by Gasteiger charge is 2.22. The Bertz CT molecular complexity index is 1440. The summed E-state index contributed by atoms with van der Waals surface area (Å²) in [5.74, 6) is -1.33. The number of allylic oxidation sites excluding steroid dienone is 1. The van der Waals surface area contributed by atoms with Crippen LogP contribution in [0.4, 0.5) is 14.9 Å². The molecule has 0 saturated heterocycles. The molecular weight excluding hydrogens is 499 g/mol. The van der Waals surface area contributed by atoms with E-state index in [4.69, 9.17) is 15.6 Å². The lowest BCUT2D eigenvalue weighted by Crippen LogP contribution is -2.44. The number of pyridine rings is 1. The Morgan fingerprint density at radius 2 is 2.05 bits per heavy atom. The number of ether oxygens (including phenoxy) is 1. The zero-order valence-electron chi connectivity index (χ0n) is 21.1. The van der Waals surface area contributed by atoms with E-state index in [2.05, 4.69) is 20.6 Å². The third kappa shape index (κ3) is 7.66. The van der Waals surface area contributed by atoms with Crippen molar-refractivity contribution in [3.63, 3.8) is 0 Å². The summed E-state index contributed by atoms with van der Waals surface area (Å²) < 4.78 is 21.2. The van der Waals surface area contributed by atoms with Crippen molar-refractivity contribution < 1.29 is 28.6 Å². The van der Waals surface area contributed by atoms with Crippen LogP contribution in [0, 0.1) is 5.82 Å². The first-order chi connectivity index (χ1) is 17.8. The van der Waals surface area contributed by atoms with Crippen LogP contribution in [-0.4, -0.2) is 49.2 Å². The maximum absolute atomic E-state index is 14.1. The molecule has 6 N–H and O–H groups in total. The number of carbonyl (C=O) groups excluding carboxylic acids is 2. The number of aromatic amines is 1. The van der Waals surface area contributed by atoms with Gasteiger partial charge in [-0.3, -0.25) is 14.4 Å². The molecule has 3 rings (SSSR count). The molecular formula is C25H29FN6O6. The summed E-state index contributed by atoms with van der Waals surface area (Å²) in [7, 11) is 0. The van der Waals surface area contributed by atoms with Crippen molar-refractivity contribution in [3.8, 4) is 5.75 Å². The van der Waals surface area contributed by atoms with E-state index in [0.29, 0.717) is 16.9 Å². The summed E-state index contributed by atoms with van der Waals surface area (Å²) in [6, 6.07) is 4.23. The lowest BCUT2D eigenvalue weighted by Gasteiger charge is -2.21. The highest BCUT2D eigenvalue weighted by Crippen LogP contribution is 2.28. The van der Waals surface area contributed by atoms with Gasteiger partial charge in [-0.15, -0.1) is 0 Å². The standard InChI is InChI=1S/C25H29FN6O6/c1-25(2,3)38-18-12-14(26)11-17-21(18)31-20(28-17)13-32-10-6-8-16(23(32)35)29-22(34)15(30-24(36)37)7-4-5-9-19(27)33/h5-6,8-12,15,30H,4,7,13H2,1-3H3,(H2,27,33)(H,28,31)(H,29,34)(H,36,37). The molecule has 202 valence electrons. The molecule has 38 heavy (non-hydrogen) atoms. The van der Waals surface area contributed by atoms with Gasteiger partial charge in [-0.1, -0.05) is 6.08 Å². The molecule has 3 aromatic rings. The van der Waals surface area contributed by atoms with Crippen LogP contribution in [0.3, 0.4) is 0 Å². The molecule has 0 spiro atoms. The fraction of sp³-hybridized carbons (Fsp3) is 0.320. The minimum atomic E-state index is -1.43. The fourth-order valence-corrected chi connectivity index (χ4v) is 3.60. The number of fused-ring (bicyclic) bond motifs is 1. The number of benzene rings is 1. The first-order valence-electron chi connectivity index (χ1n) is 11.7. The number of nitrogens with two attached hydrogens (primary N) is 1. The van der Waals surface area contributed by atoms with E-state index in [9.17, 15) is 23.6 Å². The van der Waals surface area contributed by atoms with Crippen molar-refractivity contribution >= 4 is 34.6 Å².